The van der Waals surface area contributed by atoms with Gasteiger partial charge in [0.15, 0.2) is 0 Å². The number of hydrogen-bond acceptors (Lipinski definition) is 12. The molecule has 392 valence electrons. The first-order valence-electron chi connectivity index (χ1n) is 24.6. The lowest BCUT2D eigenvalue weighted by molar-refractivity contribution is -0.153. The minimum Gasteiger partial charge on any atom is -0.467 e. The van der Waals surface area contributed by atoms with Crippen LogP contribution in [-0.2, 0) is 55.8 Å². The summed E-state index contributed by atoms with van der Waals surface area (Å²) in [5.74, 6) is -2.92. The fraction of sp³-hybridized carbons (Fsp3) is 0.615. The highest BCUT2D eigenvalue weighted by molar-refractivity contribution is 5.96. The SMILES string of the molecule is COC(=O)C1(NC(=O)OC(C)(C)C)CCN(C(=O)[C@@H](CCCCNC(=O)OC(C)(C)C)NC(=O)C(CC2CC2)NC(=O)[C@@H](Cc2ccccc2)NC(=O)[C@@H](Cc2ccccc2)NC(=O)OC(C)(C)C)CC1. The van der Waals surface area contributed by atoms with Crippen LogP contribution in [0.5, 0.6) is 0 Å². The van der Waals surface area contributed by atoms with E-state index in [1.165, 1.54) is 12.0 Å². The zero-order valence-corrected chi connectivity index (χ0v) is 43.2. The van der Waals surface area contributed by atoms with Gasteiger partial charge in [0.2, 0.25) is 23.6 Å². The third-order valence-corrected chi connectivity index (χ3v) is 11.6. The van der Waals surface area contributed by atoms with Gasteiger partial charge in [-0.05, 0) is 118 Å². The quantitative estimate of drug-likeness (QED) is 0.0525. The Hall–Kier alpha value is -6.40. The Bertz CT molecular complexity index is 2120. The van der Waals surface area contributed by atoms with Crippen LogP contribution in [-0.4, -0.2) is 126 Å². The summed E-state index contributed by atoms with van der Waals surface area (Å²) in [7, 11) is 1.21. The second-order valence-corrected chi connectivity index (χ2v) is 21.4. The Morgan fingerprint density at radius 2 is 1.04 bits per heavy atom. The molecule has 1 aliphatic heterocycles. The number of nitrogens with zero attached hydrogens (tertiary/aromatic N) is 1. The second-order valence-electron chi connectivity index (χ2n) is 21.4. The molecule has 1 saturated carbocycles. The number of unbranched alkanes of at least 4 members (excludes halogenated alkanes) is 1. The highest BCUT2D eigenvalue weighted by atomic mass is 16.6. The molecule has 2 aromatic rings. The first-order valence-corrected chi connectivity index (χ1v) is 24.6. The summed E-state index contributed by atoms with van der Waals surface area (Å²) in [6, 6.07) is 13.6. The van der Waals surface area contributed by atoms with E-state index in [4.69, 9.17) is 18.9 Å². The van der Waals surface area contributed by atoms with Crippen molar-refractivity contribution in [3.05, 3.63) is 71.8 Å². The van der Waals surface area contributed by atoms with E-state index in [2.05, 4.69) is 31.9 Å². The van der Waals surface area contributed by atoms with E-state index < -0.39 is 94.4 Å². The molecule has 71 heavy (non-hydrogen) atoms. The monoisotopic (exact) mass is 992 g/mol. The number of methoxy groups -OCH3 is 1. The van der Waals surface area contributed by atoms with Crippen molar-refractivity contribution < 1.29 is 57.3 Å². The number of carbonyl (C=O) groups excluding carboxylic acids is 8. The average molecular weight is 992 g/mol. The van der Waals surface area contributed by atoms with Crippen LogP contribution in [0.2, 0.25) is 0 Å². The van der Waals surface area contributed by atoms with E-state index in [0.29, 0.717) is 12.8 Å². The van der Waals surface area contributed by atoms with E-state index in [0.717, 1.165) is 24.0 Å². The van der Waals surface area contributed by atoms with Gasteiger partial charge in [0.25, 0.3) is 0 Å². The van der Waals surface area contributed by atoms with E-state index in [-0.39, 0.29) is 64.1 Å². The van der Waals surface area contributed by atoms with Gasteiger partial charge in [-0.1, -0.05) is 73.5 Å². The van der Waals surface area contributed by atoms with Crippen molar-refractivity contribution in [3.8, 4) is 0 Å². The molecule has 7 amide bonds. The summed E-state index contributed by atoms with van der Waals surface area (Å²) in [6.07, 6.45) is 0.825. The van der Waals surface area contributed by atoms with Crippen LogP contribution in [0.4, 0.5) is 14.4 Å². The van der Waals surface area contributed by atoms with Crippen LogP contribution >= 0.6 is 0 Å². The van der Waals surface area contributed by atoms with Crippen molar-refractivity contribution in [1.82, 2.24) is 36.8 Å². The van der Waals surface area contributed by atoms with Crippen LogP contribution < -0.4 is 31.9 Å². The summed E-state index contributed by atoms with van der Waals surface area (Å²) in [5.41, 5.74) is -2.39. The van der Waals surface area contributed by atoms with Gasteiger partial charge in [-0.25, -0.2) is 19.2 Å². The lowest BCUT2D eigenvalue weighted by Gasteiger charge is -2.41. The maximum absolute atomic E-state index is 14.5. The number of esters is 1. The Balaban J connectivity index is 1.57. The van der Waals surface area contributed by atoms with Crippen LogP contribution in [0.25, 0.3) is 0 Å². The number of alkyl carbamates (subject to hydrolysis) is 3. The fourth-order valence-corrected chi connectivity index (χ4v) is 7.94. The summed E-state index contributed by atoms with van der Waals surface area (Å²) in [6.45, 7) is 15.7. The second kappa shape index (κ2) is 25.6. The number of likely N-dealkylation sites (tertiary alicyclic amines) is 1. The van der Waals surface area contributed by atoms with Gasteiger partial charge in [0.05, 0.1) is 7.11 Å². The Morgan fingerprint density at radius 3 is 1.54 bits per heavy atom. The highest BCUT2D eigenvalue weighted by Gasteiger charge is 2.46. The molecule has 19 heteroatoms. The first-order chi connectivity index (χ1) is 33.2. The van der Waals surface area contributed by atoms with Crippen LogP contribution in [0, 0.1) is 5.92 Å². The lowest BCUT2D eigenvalue weighted by atomic mass is 9.87. The van der Waals surface area contributed by atoms with Crippen molar-refractivity contribution in [3.63, 3.8) is 0 Å². The molecule has 1 unspecified atom stereocenters. The largest absolute Gasteiger partial charge is 0.467 e. The zero-order chi connectivity index (χ0) is 52.6. The number of piperidine rings is 1. The van der Waals surface area contributed by atoms with Crippen LogP contribution in [0.3, 0.4) is 0 Å². The van der Waals surface area contributed by atoms with Crippen LogP contribution in [0.1, 0.15) is 125 Å². The number of hydrogen-bond donors (Lipinski definition) is 6. The number of benzene rings is 2. The Morgan fingerprint density at radius 1 is 0.592 bits per heavy atom. The smallest absolute Gasteiger partial charge is 0.408 e. The maximum Gasteiger partial charge on any atom is 0.408 e. The summed E-state index contributed by atoms with van der Waals surface area (Å²) >= 11 is 0. The molecule has 6 N–H and O–H groups in total. The Labute approximate surface area is 418 Å². The molecule has 0 bridgehead atoms. The predicted octanol–water partition coefficient (Wildman–Crippen LogP) is 5.37. The minimum absolute atomic E-state index is 0.000480. The number of carbonyl (C=O) groups is 8. The molecule has 1 aliphatic carbocycles. The van der Waals surface area contributed by atoms with E-state index in [1.807, 2.05) is 48.5 Å². The molecular weight excluding hydrogens is 915 g/mol. The van der Waals surface area contributed by atoms with Crippen molar-refractivity contribution in [2.45, 2.75) is 173 Å². The van der Waals surface area contributed by atoms with E-state index in [9.17, 15) is 38.4 Å². The molecule has 0 radical (unpaired) electrons. The Kier molecular flexibility index (Phi) is 20.6. The van der Waals surface area contributed by atoms with Crippen molar-refractivity contribution >= 4 is 47.9 Å². The zero-order valence-electron chi connectivity index (χ0n) is 43.2. The number of nitrogens with one attached hydrogen (secondary N) is 6. The number of rotatable bonds is 21. The van der Waals surface area contributed by atoms with Gasteiger partial charge in [-0.15, -0.1) is 0 Å². The van der Waals surface area contributed by atoms with Crippen LogP contribution in [0.15, 0.2) is 60.7 Å². The van der Waals surface area contributed by atoms with E-state index in [1.54, 1.807) is 74.4 Å². The lowest BCUT2D eigenvalue weighted by Crippen LogP contribution is -2.63. The fourth-order valence-electron chi connectivity index (χ4n) is 7.94. The molecule has 0 aromatic heterocycles. The topological polar surface area (TPSA) is 249 Å². The molecule has 4 atom stereocenters. The molecule has 2 aromatic carbocycles. The minimum atomic E-state index is -1.47. The molecule has 1 heterocycles. The highest BCUT2D eigenvalue weighted by Crippen LogP contribution is 2.34. The summed E-state index contributed by atoms with van der Waals surface area (Å²) < 4.78 is 21.3. The number of amides is 7. The van der Waals surface area contributed by atoms with Gasteiger partial charge in [0, 0.05) is 32.5 Å². The molecular formula is C52H77N7O12. The summed E-state index contributed by atoms with van der Waals surface area (Å²) in [4.78, 5) is 111. The predicted molar refractivity (Wildman–Crippen MR) is 265 cm³/mol. The standard InChI is InChI=1S/C52H77N7O12/c1-49(2,3)69-46(65)53-28-18-17-23-37(44(63)59-29-26-52(27-30-59,45(64)68-10)58-48(67)71-51(7,8)9)54-41(60)39(33-36-24-25-36)55-42(61)38(31-34-19-13-11-14-20-34)56-43(62)40(32-35-21-15-12-16-22-35)57-47(66)70-50(4,5)6/h11-16,19-22,36-40H,17-18,23-33H2,1-10H3,(H,53,65)(H,54,60)(H,55,61)(H,56,62)(H,57,66)(H,58,67)/t37-,38-,39?,40-/m1/s1. The molecule has 4 rings (SSSR count). The normalized spacial score (nSPS) is 16.3. The number of ether oxygens (including phenoxy) is 4. The third kappa shape index (κ3) is 20.5. The molecule has 19 nitrogen and oxygen atoms in total. The molecule has 1 saturated heterocycles. The van der Waals surface area contributed by atoms with E-state index >= 15 is 0 Å². The molecule has 2 aliphatic rings. The van der Waals surface area contributed by atoms with Gasteiger partial charge in [-0.2, -0.15) is 0 Å². The summed E-state index contributed by atoms with van der Waals surface area (Å²) in [5, 5.41) is 16.7. The van der Waals surface area contributed by atoms with Gasteiger partial charge >= 0.3 is 24.2 Å². The third-order valence-electron chi connectivity index (χ3n) is 11.6. The van der Waals surface area contributed by atoms with Crippen molar-refractivity contribution in [2.75, 3.05) is 26.7 Å². The van der Waals surface area contributed by atoms with Crippen molar-refractivity contribution in [1.29, 1.82) is 0 Å². The average Bonchev–Trinajstić information content (AvgIpc) is 4.10. The van der Waals surface area contributed by atoms with Crippen molar-refractivity contribution in [2.24, 2.45) is 5.92 Å². The van der Waals surface area contributed by atoms with Gasteiger partial charge in [-0.3, -0.25) is 19.2 Å². The van der Waals surface area contributed by atoms with Gasteiger partial charge < -0.3 is 55.7 Å². The van der Waals surface area contributed by atoms with Gasteiger partial charge in [0.1, 0.15) is 46.5 Å². The maximum atomic E-state index is 14.5. The molecule has 0 spiro atoms. The molecule has 2 fully saturated rings. The first kappa shape index (κ1) is 57.2.